The Balaban J connectivity index is 1.99. The Morgan fingerprint density at radius 2 is 2.15 bits per heavy atom. The van der Waals surface area contributed by atoms with E-state index in [4.69, 9.17) is 4.74 Å². The summed E-state index contributed by atoms with van der Waals surface area (Å²) in [4.78, 5) is 26.3. The van der Waals surface area contributed by atoms with Crippen molar-refractivity contribution in [2.75, 3.05) is 13.2 Å². The average molecular weight is 282 g/mol. The molecule has 0 spiro atoms. The summed E-state index contributed by atoms with van der Waals surface area (Å²) in [5.41, 5.74) is -0.753. The van der Waals surface area contributed by atoms with Gasteiger partial charge in [0.05, 0.1) is 6.10 Å². The minimum atomic E-state index is -0.753. The summed E-state index contributed by atoms with van der Waals surface area (Å²) in [5, 5.41) is 2.85. The highest BCUT2D eigenvalue weighted by Gasteiger charge is 2.45. The molecule has 2 heterocycles. The summed E-state index contributed by atoms with van der Waals surface area (Å²) in [6.07, 6.45) is 5.06. The lowest BCUT2D eigenvalue weighted by molar-refractivity contribution is -0.154. The molecule has 20 heavy (non-hydrogen) atoms. The van der Waals surface area contributed by atoms with Crippen molar-refractivity contribution in [2.45, 2.75) is 70.6 Å². The van der Waals surface area contributed by atoms with Crippen molar-refractivity contribution in [3.8, 4) is 0 Å². The monoisotopic (exact) mass is 282 g/mol. The van der Waals surface area contributed by atoms with Crippen LogP contribution < -0.4 is 5.32 Å². The largest absolute Gasteiger partial charge is 0.378 e. The first kappa shape index (κ1) is 15.3. The van der Waals surface area contributed by atoms with Crippen molar-refractivity contribution in [2.24, 2.45) is 0 Å². The number of piperazine rings is 1. The van der Waals surface area contributed by atoms with E-state index in [0.29, 0.717) is 13.0 Å². The lowest BCUT2D eigenvalue weighted by Crippen LogP contribution is -2.68. The summed E-state index contributed by atoms with van der Waals surface area (Å²) in [5.74, 6) is -0.0265. The van der Waals surface area contributed by atoms with Gasteiger partial charge in [0.15, 0.2) is 0 Å². The molecule has 0 aromatic carbocycles. The molecule has 0 saturated carbocycles. The minimum Gasteiger partial charge on any atom is -0.378 e. The van der Waals surface area contributed by atoms with Crippen molar-refractivity contribution >= 4 is 11.8 Å². The van der Waals surface area contributed by atoms with E-state index in [9.17, 15) is 9.59 Å². The van der Waals surface area contributed by atoms with E-state index in [1.54, 1.807) is 11.8 Å². The molecule has 2 amide bonds. The molecule has 2 rings (SSSR count). The molecular formula is C15H26N2O3. The molecule has 0 aliphatic carbocycles. The van der Waals surface area contributed by atoms with Crippen molar-refractivity contribution in [3.63, 3.8) is 0 Å². The zero-order valence-corrected chi connectivity index (χ0v) is 12.8. The average Bonchev–Trinajstić information content (AvgIpc) is 2.46. The van der Waals surface area contributed by atoms with Gasteiger partial charge in [-0.15, -0.1) is 0 Å². The number of hydrogen-bond acceptors (Lipinski definition) is 3. The summed E-state index contributed by atoms with van der Waals surface area (Å²) in [6.45, 7) is 6.96. The number of nitrogens with zero attached hydrogens (tertiary/aromatic N) is 1. The summed E-state index contributed by atoms with van der Waals surface area (Å²) in [6, 6.07) is -0.384. The fraction of sp³-hybridized carbons (Fsp3) is 0.867. The van der Waals surface area contributed by atoms with Crippen LogP contribution in [-0.2, 0) is 14.3 Å². The molecule has 0 radical (unpaired) electrons. The summed E-state index contributed by atoms with van der Waals surface area (Å²) >= 11 is 0. The van der Waals surface area contributed by atoms with Gasteiger partial charge in [-0.1, -0.05) is 6.92 Å². The van der Waals surface area contributed by atoms with Crippen molar-refractivity contribution in [3.05, 3.63) is 0 Å². The zero-order chi connectivity index (χ0) is 14.8. The Labute approximate surface area is 121 Å². The fourth-order valence-corrected chi connectivity index (χ4v) is 2.92. The predicted octanol–water partition coefficient (Wildman–Crippen LogP) is 1.46. The number of carbonyl (C=O) groups excluding carboxylic acids is 2. The maximum absolute atomic E-state index is 12.6. The van der Waals surface area contributed by atoms with Crippen LogP contribution in [0.1, 0.15) is 52.9 Å². The van der Waals surface area contributed by atoms with Crippen LogP contribution in [0.5, 0.6) is 0 Å². The molecule has 2 fully saturated rings. The van der Waals surface area contributed by atoms with Gasteiger partial charge < -0.3 is 15.0 Å². The smallest absolute Gasteiger partial charge is 0.248 e. The SMILES string of the molecule is CCC1(C)NC(=O)C(C)N(CCC2CCCCO2)C1=O. The molecule has 2 saturated heterocycles. The van der Waals surface area contributed by atoms with Crippen LogP contribution in [0.4, 0.5) is 0 Å². The quantitative estimate of drug-likeness (QED) is 0.849. The third-order valence-corrected chi connectivity index (χ3v) is 4.65. The predicted molar refractivity (Wildman–Crippen MR) is 76.2 cm³/mol. The van der Waals surface area contributed by atoms with E-state index < -0.39 is 5.54 Å². The number of nitrogens with one attached hydrogen (secondary N) is 1. The second-order valence-electron chi connectivity index (χ2n) is 6.13. The van der Waals surface area contributed by atoms with Crippen LogP contribution >= 0.6 is 0 Å². The van der Waals surface area contributed by atoms with Crippen LogP contribution in [0.25, 0.3) is 0 Å². The first-order valence-corrected chi connectivity index (χ1v) is 7.72. The van der Waals surface area contributed by atoms with Crippen molar-refractivity contribution in [1.82, 2.24) is 10.2 Å². The highest BCUT2D eigenvalue weighted by Crippen LogP contribution is 2.23. The molecule has 0 aromatic rings. The van der Waals surface area contributed by atoms with E-state index in [0.717, 1.165) is 25.9 Å². The van der Waals surface area contributed by atoms with Gasteiger partial charge in [-0.25, -0.2) is 0 Å². The molecule has 5 nitrogen and oxygen atoms in total. The Kier molecular flexibility index (Phi) is 4.68. The van der Waals surface area contributed by atoms with Gasteiger partial charge >= 0.3 is 0 Å². The molecule has 2 aliphatic heterocycles. The summed E-state index contributed by atoms with van der Waals surface area (Å²) in [7, 11) is 0. The third kappa shape index (κ3) is 2.97. The standard InChI is InChI=1S/C15H26N2O3/c1-4-15(3)14(19)17(11(2)13(18)16-15)9-8-12-7-5-6-10-20-12/h11-12H,4-10H2,1-3H3,(H,16,18). The fourth-order valence-electron chi connectivity index (χ4n) is 2.92. The van der Waals surface area contributed by atoms with Gasteiger partial charge in [0.2, 0.25) is 11.8 Å². The first-order valence-electron chi connectivity index (χ1n) is 7.72. The van der Waals surface area contributed by atoms with E-state index in [-0.39, 0.29) is 24.0 Å². The van der Waals surface area contributed by atoms with E-state index >= 15 is 0 Å². The summed E-state index contributed by atoms with van der Waals surface area (Å²) < 4.78 is 5.71. The number of carbonyl (C=O) groups is 2. The van der Waals surface area contributed by atoms with Gasteiger partial charge in [0, 0.05) is 13.2 Å². The Bertz CT molecular complexity index is 379. The molecule has 3 atom stereocenters. The van der Waals surface area contributed by atoms with Crippen LogP contribution in [0, 0.1) is 0 Å². The second-order valence-corrected chi connectivity index (χ2v) is 6.13. The van der Waals surface area contributed by atoms with Gasteiger partial charge in [0.25, 0.3) is 0 Å². The Morgan fingerprint density at radius 3 is 2.75 bits per heavy atom. The number of amides is 2. The van der Waals surface area contributed by atoms with Crippen LogP contribution in [0.2, 0.25) is 0 Å². The molecule has 1 N–H and O–H groups in total. The van der Waals surface area contributed by atoms with Gasteiger partial charge in [-0.05, 0) is 46.0 Å². The number of ether oxygens (including phenoxy) is 1. The zero-order valence-electron chi connectivity index (χ0n) is 12.8. The van der Waals surface area contributed by atoms with Gasteiger partial charge in [-0.3, -0.25) is 9.59 Å². The topological polar surface area (TPSA) is 58.6 Å². The van der Waals surface area contributed by atoms with Crippen LogP contribution in [-0.4, -0.2) is 47.6 Å². The van der Waals surface area contributed by atoms with E-state index in [1.165, 1.54) is 6.42 Å². The molecule has 3 unspecified atom stereocenters. The van der Waals surface area contributed by atoms with E-state index in [2.05, 4.69) is 5.32 Å². The van der Waals surface area contributed by atoms with Crippen molar-refractivity contribution in [1.29, 1.82) is 0 Å². The van der Waals surface area contributed by atoms with Crippen molar-refractivity contribution < 1.29 is 14.3 Å². The van der Waals surface area contributed by atoms with Gasteiger partial charge in [0.1, 0.15) is 11.6 Å². The Hall–Kier alpha value is -1.10. The highest BCUT2D eigenvalue weighted by atomic mass is 16.5. The van der Waals surface area contributed by atoms with E-state index in [1.807, 2.05) is 13.8 Å². The van der Waals surface area contributed by atoms with Gasteiger partial charge in [-0.2, -0.15) is 0 Å². The molecule has 0 bridgehead atoms. The maximum atomic E-state index is 12.6. The van der Waals surface area contributed by atoms with Crippen LogP contribution in [0.3, 0.4) is 0 Å². The maximum Gasteiger partial charge on any atom is 0.248 e. The molecular weight excluding hydrogens is 256 g/mol. The normalized spacial score (nSPS) is 35.0. The third-order valence-electron chi connectivity index (χ3n) is 4.65. The highest BCUT2D eigenvalue weighted by molar-refractivity contribution is 5.99. The lowest BCUT2D eigenvalue weighted by atomic mass is 9.92. The number of hydrogen-bond donors (Lipinski definition) is 1. The first-order chi connectivity index (χ1) is 9.48. The second kappa shape index (κ2) is 6.12. The minimum absolute atomic E-state index is 0.0305. The lowest BCUT2D eigenvalue weighted by Gasteiger charge is -2.43. The molecule has 5 heteroatoms. The molecule has 114 valence electrons. The molecule has 2 aliphatic rings. The molecule has 0 aromatic heterocycles. The van der Waals surface area contributed by atoms with Crippen LogP contribution in [0.15, 0.2) is 0 Å². The number of rotatable bonds is 4. The Morgan fingerprint density at radius 1 is 1.40 bits per heavy atom.